The molecule has 1 unspecified atom stereocenters. The number of aromatic amines is 1. The molecule has 0 amide bonds. The normalized spacial score (nSPS) is 18.0. The highest BCUT2D eigenvalue weighted by Crippen LogP contribution is 2.30. The Kier molecular flexibility index (Phi) is 2.27. The van der Waals surface area contributed by atoms with E-state index in [2.05, 4.69) is 11.1 Å². The molecule has 4 heteroatoms. The van der Waals surface area contributed by atoms with Gasteiger partial charge in [0.1, 0.15) is 24.5 Å². The number of ether oxygens (including phenoxy) is 2. The molecule has 0 radical (unpaired) electrons. The second-order valence-electron chi connectivity index (χ2n) is 4.27. The van der Waals surface area contributed by atoms with Gasteiger partial charge < -0.3 is 14.5 Å². The Labute approximate surface area is 98.8 Å². The summed E-state index contributed by atoms with van der Waals surface area (Å²) in [5, 5.41) is 9.92. The van der Waals surface area contributed by atoms with Crippen LogP contribution in [0.25, 0.3) is 10.9 Å². The number of rotatable bonds is 3. The molecule has 17 heavy (non-hydrogen) atoms. The van der Waals surface area contributed by atoms with Crippen LogP contribution in [0.5, 0.6) is 5.75 Å². The maximum absolute atomic E-state index is 9.06. The van der Waals surface area contributed by atoms with E-state index < -0.39 is 0 Å². The molecule has 1 aromatic heterocycles. The molecule has 86 valence electrons. The Hall–Kier alpha value is -1.99. The van der Waals surface area contributed by atoms with Crippen LogP contribution in [-0.4, -0.2) is 24.3 Å². The number of H-pyrrole nitrogens is 1. The molecule has 1 fully saturated rings. The summed E-state index contributed by atoms with van der Waals surface area (Å²) in [7, 11) is 0. The SMILES string of the molecule is Cc1cc(OCC2CO2)c2c(C#N)c[nH]c2c1. The Morgan fingerprint density at radius 1 is 1.59 bits per heavy atom. The van der Waals surface area contributed by atoms with Gasteiger partial charge in [0, 0.05) is 6.20 Å². The number of benzene rings is 1. The van der Waals surface area contributed by atoms with Gasteiger partial charge in [-0.2, -0.15) is 5.26 Å². The zero-order chi connectivity index (χ0) is 11.8. The highest BCUT2D eigenvalue weighted by atomic mass is 16.6. The number of fused-ring (bicyclic) bond motifs is 1. The largest absolute Gasteiger partial charge is 0.490 e. The summed E-state index contributed by atoms with van der Waals surface area (Å²) < 4.78 is 10.8. The minimum Gasteiger partial charge on any atom is -0.490 e. The molecular weight excluding hydrogens is 216 g/mol. The molecule has 0 aliphatic carbocycles. The first-order chi connectivity index (χ1) is 8.28. The van der Waals surface area contributed by atoms with E-state index >= 15 is 0 Å². The summed E-state index contributed by atoms with van der Waals surface area (Å²) in [6.45, 7) is 3.33. The first kappa shape index (κ1) is 10.2. The van der Waals surface area contributed by atoms with Crippen molar-refractivity contribution < 1.29 is 9.47 Å². The van der Waals surface area contributed by atoms with E-state index in [0.29, 0.717) is 12.2 Å². The van der Waals surface area contributed by atoms with E-state index in [1.54, 1.807) is 6.20 Å². The third kappa shape index (κ3) is 1.85. The predicted molar refractivity (Wildman–Crippen MR) is 63.0 cm³/mol. The van der Waals surface area contributed by atoms with Crippen molar-refractivity contribution in [3.8, 4) is 11.8 Å². The molecule has 3 rings (SSSR count). The fourth-order valence-corrected chi connectivity index (χ4v) is 1.92. The fraction of sp³-hybridized carbons (Fsp3) is 0.308. The second-order valence-corrected chi connectivity index (χ2v) is 4.27. The topological polar surface area (TPSA) is 61.3 Å². The molecule has 1 aliphatic heterocycles. The fourth-order valence-electron chi connectivity index (χ4n) is 1.92. The first-order valence-electron chi connectivity index (χ1n) is 5.54. The summed E-state index contributed by atoms with van der Waals surface area (Å²) in [5.41, 5.74) is 2.66. The van der Waals surface area contributed by atoms with Crippen molar-refractivity contribution >= 4 is 10.9 Å². The zero-order valence-electron chi connectivity index (χ0n) is 9.49. The van der Waals surface area contributed by atoms with Crippen molar-refractivity contribution in [1.82, 2.24) is 4.98 Å². The van der Waals surface area contributed by atoms with Gasteiger partial charge in [0.2, 0.25) is 0 Å². The van der Waals surface area contributed by atoms with Crippen molar-refractivity contribution in [2.75, 3.05) is 13.2 Å². The molecule has 0 spiro atoms. The van der Waals surface area contributed by atoms with Gasteiger partial charge in [-0.05, 0) is 24.6 Å². The van der Waals surface area contributed by atoms with E-state index in [-0.39, 0.29) is 6.10 Å². The van der Waals surface area contributed by atoms with Crippen molar-refractivity contribution in [1.29, 1.82) is 5.26 Å². The zero-order valence-corrected chi connectivity index (χ0v) is 9.49. The highest BCUT2D eigenvalue weighted by molar-refractivity contribution is 5.92. The number of hydrogen-bond donors (Lipinski definition) is 1. The maximum Gasteiger partial charge on any atom is 0.130 e. The van der Waals surface area contributed by atoms with E-state index in [9.17, 15) is 0 Å². The van der Waals surface area contributed by atoms with Crippen LogP contribution in [0.15, 0.2) is 18.3 Å². The Balaban J connectivity index is 2.05. The maximum atomic E-state index is 9.06. The van der Waals surface area contributed by atoms with Gasteiger partial charge in [0.15, 0.2) is 0 Å². The van der Waals surface area contributed by atoms with Crippen LogP contribution >= 0.6 is 0 Å². The average Bonchev–Trinajstić information content (AvgIpc) is 3.05. The number of aryl methyl sites for hydroxylation is 1. The summed E-state index contributed by atoms with van der Waals surface area (Å²) in [4.78, 5) is 3.09. The number of nitrogens with one attached hydrogen (secondary N) is 1. The van der Waals surface area contributed by atoms with Gasteiger partial charge in [-0.15, -0.1) is 0 Å². The summed E-state index contributed by atoms with van der Waals surface area (Å²) in [6, 6.07) is 6.14. The molecule has 1 aliphatic rings. The predicted octanol–water partition coefficient (Wildman–Crippen LogP) is 2.13. The molecule has 0 saturated carbocycles. The third-order valence-corrected chi connectivity index (χ3v) is 2.84. The third-order valence-electron chi connectivity index (χ3n) is 2.84. The van der Waals surface area contributed by atoms with Gasteiger partial charge >= 0.3 is 0 Å². The number of epoxide rings is 1. The monoisotopic (exact) mass is 228 g/mol. The van der Waals surface area contributed by atoms with Crippen LogP contribution in [0.3, 0.4) is 0 Å². The van der Waals surface area contributed by atoms with Crippen LogP contribution in [0, 0.1) is 18.3 Å². The van der Waals surface area contributed by atoms with Gasteiger partial charge in [0.05, 0.1) is 23.1 Å². The van der Waals surface area contributed by atoms with E-state index in [1.807, 2.05) is 19.1 Å². The van der Waals surface area contributed by atoms with Gasteiger partial charge in [-0.25, -0.2) is 0 Å². The van der Waals surface area contributed by atoms with Gasteiger partial charge in [0.25, 0.3) is 0 Å². The number of nitriles is 1. The van der Waals surface area contributed by atoms with E-state index in [1.165, 1.54) is 0 Å². The second kappa shape index (κ2) is 3.79. The van der Waals surface area contributed by atoms with Crippen LogP contribution in [0.2, 0.25) is 0 Å². The first-order valence-corrected chi connectivity index (χ1v) is 5.54. The number of aromatic nitrogens is 1. The minimum absolute atomic E-state index is 0.218. The summed E-state index contributed by atoms with van der Waals surface area (Å²) >= 11 is 0. The van der Waals surface area contributed by atoms with Gasteiger partial charge in [-0.1, -0.05) is 0 Å². The van der Waals surface area contributed by atoms with Crippen molar-refractivity contribution in [2.45, 2.75) is 13.0 Å². The minimum atomic E-state index is 0.218. The van der Waals surface area contributed by atoms with E-state index in [0.717, 1.165) is 28.8 Å². The molecule has 4 nitrogen and oxygen atoms in total. The summed E-state index contributed by atoms with van der Waals surface area (Å²) in [6.07, 6.45) is 1.93. The quantitative estimate of drug-likeness (QED) is 0.818. The standard InChI is InChI=1S/C13H12N2O2/c1-8-2-11-13(9(4-14)5-15-11)12(3-8)17-7-10-6-16-10/h2-3,5,10,15H,6-7H2,1H3. The average molecular weight is 228 g/mol. The Bertz CT molecular complexity index is 606. The lowest BCUT2D eigenvalue weighted by Crippen LogP contribution is -2.04. The molecule has 2 aromatic rings. The number of hydrogen-bond acceptors (Lipinski definition) is 3. The van der Waals surface area contributed by atoms with Crippen LogP contribution in [0.1, 0.15) is 11.1 Å². The van der Waals surface area contributed by atoms with Crippen LogP contribution < -0.4 is 4.74 Å². The molecule has 1 saturated heterocycles. The smallest absolute Gasteiger partial charge is 0.130 e. The lowest BCUT2D eigenvalue weighted by Gasteiger charge is -2.07. The van der Waals surface area contributed by atoms with Crippen molar-refractivity contribution in [3.63, 3.8) is 0 Å². The lowest BCUT2D eigenvalue weighted by atomic mass is 10.1. The Morgan fingerprint density at radius 2 is 2.41 bits per heavy atom. The van der Waals surface area contributed by atoms with Crippen molar-refractivity contribution in [2.24, 2.45) is 0 Å². The Morgan fingerprint density at radius 3 is 3.12 bits per heavy atom. The molecule has 2 heterocycles. The van der Waals surface area contributed by atoms with Crippen LogP contribution in [0.4, 0.5) is 0 Å². The molecule has 1 atom stereocenters. The molecule has 1 aromatic carbocycles. The molecule has 0 bridgehead atoms. The molecular formula is C13H12N2O2. The summed E-state index contributed by atoms with van der Waals surface area (Å²) in [5.74, 6) is 0.758. The number of nitrogens with zero attached hydrogens (tertiary/aromatic N) is 1. The van der Waals surface area contributed by atoms with Crippen molar-refractivity contribution in [3.05, 3.63) is 29.5 Å². The lowest BCUT2D eigenvalue weighted by molar-refractivity contribution is 0.265. The van der Waals surface area contributed by atoms with E-state index in [4.69, 9.17) is 14.7 Å². The van der Waals surface area contributed by atoms with Crippen LogP contribution in [-0.2, 0) is 4.74 Å². The van der Waals surface area contributed by atoms with Gasteiger partial charge in [-0.3, -0.25) is 0 Å². The molecule has 1 N–H and O–H groups in total. The highest BCUT2D eigenvalue weighted by Gasteiger charge is 2.23.